The van der Waals surface area contributed by atoms with Gasteiger partial charge < -0.3 is 5.32 Å². The number of rotatable bonds is 0. The van der Waals surface area contributed by atoms with E-state index >= 15 is 0 Å². The van der Waals surface area contributed by atoms with Crippen molar-refractivity contribution in [1.82, 2.24) is 5.32 Å². The van der Waals surface area contributed by atoms with Crippen molar-refractivity contribution in [2.45, 2.75) is 54.0 Å². The molecule has 0 unspecified atom stereocenters. The Labute approximate surface area is 83.3 Å². The zero-order chi connectivity index (χ0) is 10.3. The van der Waals surface area contributed by atoms with Gasteiger partial charge in [-0.1, -0.05) is 41.5 Å². The Hall–Kier alpha value is -0.0400. The van der Waals surface area contributed by atoms with Crippen molar-refractivity contribution in [1.29, 1.82) is 0 Å². The Morgan fingerprint density at radius 1 is 0.923 bits per heavy atom. The smallest absolute Gasteiger partial charge is 0.0119 e. The van der Waals surface area contributed by atoms with Crippen LogP contribution in [0.15, 0.2) is 0 Å². The fourth-order valence-corrected chi connectivity index (χ4v) is 2.06. The molecule has 1 aliphatic rings. The molecule has 78 valence electrons. The highest BCUT2D eigenvalue weighted by atomic mass is 15.0. The molecule has 0 amide bonds. The zero-order valence-electron chi connectivity index (χ0n) is 10.1. The zero-order valence-corrected chi connectivity index (χ0v) is 10.1. The minimum atomic E-state index is 0.417. The van der Waals surface area contributed by atoms with Gasteiger partial charge in [-0.15, -0.1) is 0 Å². The van der Waals surface area contributed by atoms with Crippen LogP contribution in [0.25, 0.3) is 0 Å². The minimum Gasteiger partial charge on any atom is -0.313 e. The molecule has 0 aromatic carbocycles. The van der Waals surface area contributed by atoms with Gasteiger partial charge in [-0.3, -0.25) is 0 Å². The van der Waals surface area contributed by atoms with Crippen molar-refractivity contribution >= 4 is 0 Å². The molecule has 1 aliphatic heterocycles. The summed E-state index contributed by atoms with van der Waals surface area (Å²) in [7, 11) is 0. The molecule has 1 saturated heterocycles. The van der Waals surface area contributed by atoms with Gasteiger partial charge >= 0.3 is 0 Å². The predicted molar refractivity (Wildman–Crippen MR) is 58.8 cm³/mol. The Morgan fingerprint density at radius 2 is 1.46 bits per heavy atom. The first-order valence-electron chi connectivity index (χ1n) is 5.44. The van der Waals surface area contributed by atoms with Crippen molar-refractivity contribution in [2.75, 3.05) is 6.54 Å². The van der Waals surface area contributed by atoms with E-state index in [2.05, 4.69) is 46.9 Å². The summed E-state index contributed by atoms with van der Waals surface area (Å²) in [5, 5.41) is 3.65. The third-order valence-corrected chi connectivity index (χ3v) is 3.40. The van der Waals surface area contributed by atoms with Gasteiger partial charge in [0.1, 0.15) is 0 Å². The standard InChI is InChI=1S/C12H25N/c1-11(2,3)9-7-10(13-8-9)12(4,5)6/h9-10,13H,7-8H2,1-6H3/t9-,10-/m1/s1. The molecule has 0 aromatic rings. The van der Waals surface area contributed by atoms with E-state index in [4.69, 9.17) is 0 Å². The van der Waals surface area contributed by atoms with Crippen LogP contribution in [0.5, 0.6) is 0 Å². The van der Waals surface area contributed by atoms with Crippen LogP contribution in [0.1, 0.15) is 48.0 Å². The Balaban J connectivity index is 2.55. The van der Waals surface area contributed by atoms with Crippen LogP contribution in [0.2, 0.25) is 0 Å². The SMILES string of the molecule is CC(C)(C)[C@H]1CN[C@@H](C(C)(C)C)C1. The maximum absolute atomic E-state index is 3.65. The molecule has 0 bridgehead atoms. The lowest BCUT2D eigenvalue weighted by Gasteiger charge is -2.29. The second-order valence-electron chi connectivity index (χ2n) is 6.63. The van der Waals surface area contributed by atoms with E-state index in [1.807, 2.05) is 0 Å². The lowest BCUT2D eigenvalue weighted by molar-refractivity contribution is 0.234. The molecule has 1 fully saturated rings. The second kappa shape index (κ2) is 3.27. The Kier molecular flexibility index (Phi) is 2.78. The van der Waals surface area contributed by atoms with E-state index in [0.717, 1.165) is 5.92 Å². The van der Waals surface area contributed by atoms with Gasteiger partial charge in [0.05, 0.1) is 0 Å². The first-order chi connectivity index (χ1) is 5.71. The van der Waals surface area contributed by atoms with Gasteiger partial charge in [0.25, 0.3) is 0 Å². The van der Waals surface area contributed by atoms with Crippen LogP contribution in [-0.4, -0.2) is 12.6 Å². The quantitative estimate of drug-likeness (QED) is 0.608. The van der Waals surface area contributed by atoms with Gasteiger partial charge in [0.2, 0.25) is 0 Å². The summed E-state index contributed by atoms with van der Waals surface area (Å²) in [6.45, 7) is 15.2. The molecular formula is C12H25N. The van der Waals surface area contributed by atoms with Crippen molar-refractivity contribution < 1.29 is 0 Å². The van der Waals surface area contributed by atoms with E-state index < -0.39 is 0 Å². The highest BCUT2D eigenvalue weighted by Gasteiger charge is 2.37. The number of hydrogen-bond donors (Lipinski definition) is 1. The molecule has 0 aromatic heterocycles. The summed E-state index contributed by atoms with van der Waals surface area (Å²) in [5.74, 6) is 0.844. The van der Waals surface area contributed by atoms with Crippen LogP contribution >= 0.6 is 0 Å². The first-order valence-corrected chi connectivity index (χ1v) is 5.44. The summed E-state index contributed by atoms with van der Waals surface area (Å²) in [5.41, 5.74) is 0.882. The van der Waals surface area contributed by atoms with Gasteiger partial charge in [0.15, 0.2) is 0 Å². The molecule has 1 N–H and O–H groups in total. The third-order valence-electron chi connectivity index (χ3n) is 3.40. The lowest BCUT2D eigenvalue weighted by Crippen LogP contribution is -2.34. The Bertz CT molecular complexity index is 151. The lowest BCUT2D eigenvalue weighted by atomic mass is 9.76. The largest absolute Gasteiger partial charge is 0.313 e. The molecule has 0 aliphatic carbocycles. The van der Waals surface area contributed by atoms with E-state index in [1.165, 1.54) is 13.0 Å². The molecule has 1 heteroatoms. The molecule has 1 heterocycles. The second-order valence-corrected chi connectivity index (χ2v) is 6.63. The van der Waals surface area contributed by atoms with Gasteiger partial charge in [-0.25, -0.2) is 0 Å². The van der Waals surface area contributed by atoms with Crippen LogP contribution in [0, 0.1) is 16.7 Å². The summed E-state index contributed by atoms with van der Waals surface area (Å²) >= 11 is 0. The molecule has 1 rings (SSSR count). The van der Waals surface area contributed by atoms with Gasteiger partial charge in [-0.2, -0.15) is 0 Å². The number of nitrogens with one attached hydrogen (secondary N) is 1. The van der Waals surface area contributed by atoms with E-state index in [0.29, 0.717) is 16.9 Å². The third kappa shape index (κ3) is 2.70. The van der Waals surface area contributed by atoms with Gasteiger partial charge in [-0.05, 0) is 29.7 Å². The summed E-state index contributed by atoms with van der Waals surface area (Å²) in [6, 6.07) is 0.705. The van der Waals surface area contributed by atoms with Crippen LogP contribution in [0.3, 0.4) is 0 Å². The van der Waals surface area contributed by atoms with Crippen LogP contribution in [0.4, 0.5) is 0 Å². The normalized spacial score (nSPS) is 30.9. The monoisotopic (exact) mass is 183 g/mol. The minimum absolute atomic E-state index is 0.417. The summed E-state index contributed by atoms with van der Waals surface area (Å²) < 4.78 is 0. The Morgan fingerprint density at radius 3 is 1.69 bits per heavy atom. The van der Waals surface area contributed by atoms with Crippen LogP contribution < -0.4 is 5.32 Å². The molecule has 0 saturated carbocycles. The van der Waals surface area contributed by atoms with Crippen molar-refractivity contribution in [3.8, 4) is 0 Å². The van der Waals surface area contributed by atoms with Crippen molar-refractivity contribution in [3.63, 3.8) is 0 Å². The first kappa shape index (κ1) is 11.0. The summed E-state index contributed by atoms with van der Waals surface area (Å²) in [4.78, 5) is 0. The highest BCUT2D eigenvalue weighted by Crippen LogP contribution is 2.37. The molecule has 1 nitrogen and oxygen atoms in total. The molecule has 0 spiro atoms. The topological polar surface area (TPSA) is 12.0 Å². The maximum atomic E-state index is 3.65. The molecule has 0 radical (unpaired) electrons. The fourth-order valence-electron chi connectivity index (χ4n) is 2.06. The maximum Gasteiger partial charge on any atom is 0.0119 e. The number of hydrogen-bond acceptors (Lipinski definition) is 1. The average Bonchev–Trinajstić information content (AvgIpc) is 2.28. The highest BCUT2D eigenvalue weighted by molar-refractivity contribution is 4.93. The predicted octanol–water partition coefficient (Wildman–Crippen LogP) is 3.06. The van der Waals surface area contributed by atoms with E-state index in [1.54, 1.807) is 0 Å². The van der Waals surface area contributed by atoms with E-state index in [9.17, 15) is 0 Å². The van der Waals surface area contributed by atoms with E-state index in [-0.39, 0.29) is 0 Å². The summed E-state index contributed by atoms with van der Waals surface area (Å²) in [6.07, 6.45) is 1.34. The van der Waals surface area contributed by atoms with Crippen molar-refractivity contribution in [2.24, 2.45) is 16.7 Å². The van der Waals surface area contributed by atoms with Gasteiger partial charge in [0, 0.05) is 6.04 Å². The van der Waals surface area contributed by atoms with Crippen molar-refractivity contribution in [3.05, 3.63) is 0 Å². The average molecular weight is 183 g/mol. The van der Waals surface area contributed by atoms with Crippen LogP contribution in [-0.2, 0) is 0 Å². The molecule has 2 atom stereocenters. The molecular weight excluding hydrogens is 158 g/mol. The fraction of sp³-hybridized carbons (Fsp3) is 1.00. The molecule has 13 heavy (non-hydrogen) atoms.